The molecule has 0 aliphatic carbocycles. The van der Waals surface area contributed by atoms with E-state index in [0.29, 0.717) is 6.42 Å². The van der Waals surface area contributed by atoms with Crippen LogP contribution >= 0.6 is 0 Å². The van der Waals surface area contributed by atoms with Gasteiger partial charge in [-0.25, -0.2) is 12.8 Å². The molecule has 0 saturated carbocycles. The second kappa shape index (κ2) is 5.78. The molecule has 0 aliphatic rings. The maximum atomic E-state index is 12.9. The van der Waals surface area contributed by atoms with Gasteiger partial charge in [0.2, 0.25) is 5.91 Å². The zero-order chi connectivity index (χ0) is 15.6. The van der Waals surface area contributed by atoms with Gasteiger partial charge in [0.1, 0.15) is 11.6 Å². The summed E-state index contributed by atoms with van der Waals surface area (Å²) in [6, 6.07) is 2.98. The van der Waals surface area contributed by atoms with Crippen molar-refractivity contribution < 1.29 is 17.6 Å². The van der Waals surface area contributed by atoms with E-state index in [0.717, 1.165) is 18.2 Å². The summed E-state index contributed by atoms with van der Waals surface area (Å²) >= 11 is 0. The van der Waals surface area contributed by atoms with Crippen molar-refractivity contribution in [2.75, 3.05) is 11.5 Å². The highest BCUT2D eigenvalue weighted by molar-refractivity contribution is 7.92. The van der Waals surface area contributed by atoms with Crippen LogP contribution in [-0.2, 0) is 14.6 Å². The van der Waals surface area contributed by atoms with Gasteiger partial charge in [-0.3, -0.25) is 4.79 Å². The zero-order valence-electron chi connectivity index (χ0n) is 11.7. The first-order valence-corrected chi connectivity index (χ1v) is 7.81. The van der Waals surface area contributed by atoms with E-state index in [9.17, 15) is 17.6 Å². The average Bonchev–Trinajstić information content (AvgIpc) is 2.26. The molecule has 20 heavy (non-hydrogen) atoms. The predicted octanol–water partition coefficient (Wildman–Crippen LogP) is 1.49. The summed E-state index contributed by atoms with van der Waals surface area (Å²) < 4.78 is 37.1. The molecular formula is C13H19FN2O3S. The molecule has 0 radical (unpaired) electrons. The van der Waals surface area contributed by atoms with Crippen molar-refractivity contribution in [3.8, 4) is 0 Å². The fraction of sp³-hybridized carbons (Fsp3) is 0.462. The summed E-state index contributed by atoms with van der Waals surface area (Å²) in [5.74, 6) is -1.95. The number of nitrogens with one attached hydrogen (secondary N) is 1. The second-order valence-corrected chi connectivity index (χ2v) is 7.18. The van der Waals surface area contributed by atoms with Crippen molar-refractivity contribution in [1.29, 1.82) is 0 Å². The molecule has 0 heterocycles. The number of anilines is 1. The standard InChI is InChI=1S/C13H19FN2O3S/c1-4-13(2,3)16-12(17)8-20(18,19)11-6-5-9(14)7-10(11)15/h5-7H,4,8,15H2,1-3H3,(H,16,17). The Morgan fingerprint density at radius 2 is 2.00 bits per heavy atom. The van der Waals surface area contributed by atoms with Crippen LogP contribution in [0.2, 0.25) is 0 Å². The summed E-state index contributed by atoms with van der Waals surface area (Å²) in [7, 11) is -3.89. The zero-order valence-corrected chi connectivity index (χ0v) is 12.6. The summed E-state index contributed by atoms with van der Waals surface area (Å²) in [5, 5.41) is 2.63. The Hall–Kier alpha value is -1.63. The van der Waals surface area contributed by atoms with Crippen LogP contribution in [0.4, 0.5) is 10.1 Å². The number of benzene rings is 1. The lowest BCUT2D eigenvalue weighted by atomic mass is 10.0. The molecule has 3 N–H and O–H groups in total. The third-order valence-corrected chi connectivity index (χ3v) is 4.67. The molecule has 0 spiro atoms. The Kier molecular flexibility index (Phi) is 4.75. The van der Waals surface area contributed by atoms with Gasteiger partial charge in [-0.15, -0.1) is 0 Å². The van der Waals surface area contributed by atoms with Crippen molar-refractivity contribution in [3.05, 3.63) is 24.0 Å². The number of nitrogen functional groups attached to an aromatic ring is 1. The van der Waals surface area contributed by atoms with Gasteiger partial charge in [0.05, 0.1) is 10.6 Å². The molecule has 112 valence electrons. The Balaban J connectivity index is 2.93. The minimum atomic E-state index is -3.89. The summed E-state index contributed by atoms with van der Waals surface area (Å²) in [6.45, 7) is 5.47. The van der Waals surface area contributed by atoms with E-state index in [2.05, 4.69) is 5.32 Å². The number of amides is 1. The van der Waals surface area contributed by atoms with Crippen LogP contribution in [-0.4, -0.2) is 25.6 Å². The Labute approximate surface area is 118 Å². The van der Waals surface area contributed by atoms with Gasteiger partial charge in [0.25, 0.3) is 0 Å². The van der Waals surface area contributed by atoms with E-state index in [1.54, 1.807) is 13.8 Å². The molecule has 0 fully saturated rings. The van der Waals surface area contributed by atoms with Crippen molar-refractivity contribution in [1.82, 2.24) is 5.32 Å². The number of hydrogen-bond donors (Lipinski definition) is 2. The third kappa shape index (κ3) is 4.19. The molecule has 1 rings (SSSR count). The SMILES string of the molecule is CCC(C)(C)NC(=O)CS(=O)(=O)c1ccc(F)cc1N. The topological polar surface area (TPSA) is 89.3 Å². The minimum absolute atomic E-state index is 0.201. The van der Waals surface area contributed by atoms with E-state index in [-0.39, 0.29) is 10.6 Å². The monoisotopic (exact) mass is 302 g/mol. The van der Waals surface area contributed by atoms with Crippen LogP contribution in [0, 0.1) is 5.82 Å². The normalized spacial score (nSPS) is 12.2. The number of carbonyl (C=O) groups is 1. The van der Waals surface area contributed by atoms with E-state index >= 15 is 0 Å². The largest absolute Gasteiger partial charge is 0.398 e. The maximum Gasteiger partial charge on any atom is 0.235 e. The lowest BCUT2D eigenvalue weighted by Crippen LogP contribution is -2.45. The molecule has 0 aromatic heterocycles. The molecule has 1 amide bonds. The highest BCUT2D eigenvalue weighted by Gasteiger charge is 2.25. The highest BCUT2D eigenvalue weighted by atomic mass is 32.2. The van der Waals surface area contributed by atoms with Crippen molar-refractivity contribution in [3.63, 3.8) is 0 Å². The minimum Gasteiger partial charge on any atom is -0.398 e. The fourth-order valence-electron chi connectivity index (χ4n) is 1.55. The number of carbonyl (C=O) groups excluding carboxylic acids is 1. The smallest absolute Gasteiger partial charge is 0.235 e. The molecule has 0 aliphatic heterocycles. The van der Waals surface area contributed by atoms with Crippen molar-refractivity contribution in [2.45, 2.75) is 37.6 Å². The van der Waals surface area contributed by atoms with Crippen LogP contribution in [0.25, 0.3) is 0 Å². The van der Waals surface area contributed by atoms with Gasteiger partial charge in [-0.05, 0) is 38.5 Å². The van der Waals surface area contributed by atoms with Gasteiger partial charge < -0.3 is 11.1 Å². The predicted molar refractivity (Wildman–Crippen MR) is 75.4 cm³/mol. The summed E-state index contributed by atoms with van der Waals surface area (Å²) in [5.41, 5.74) is 4.80. The summed E-state index contributed by atoms with van der Waals surface area (Å²) in [6.07, 6.45) is 0.664. The van der Waals surface area contributed by atoms with Gasteiger partial charge in [0.15, 0.2) is 9.84 Å². The van der Waals surface area contributed by atoms with Crippen molar-refractivity contribution >= 4 is 21.4 Å². The van der Waals surface area contributed by atoms with Crippen LogP contribution in [0.1, 0.15) is 27.2 Å². The number of rotatable bonds is 5. The quantitative estimate of drug-likeness (QED) is 0.637. The lowest BCUT2D eigenvalue weighted by Gasteiger charge is -2.24. The molecule has 5 nitrogen and oxygen atoms in total. The van der Waals surface area contributed by atoms with E-state index in [1.807, 2.05) is 6.92 Å². The van der Waals surface area contributed by atoms with Crippen LogP contribution in [0.5, 0.6) is 0 Å². The molecule has 0 bridgehead atoms. The first-order valence-electron chi connectivity index (χ1n) is 6.16. The Morgan fingerprint density at radius 3 is 2.50 bits per heavy atom. The van der Waals surface area contributed by atoms with Crippen LogP contribution in [0.15, 0.2) is 23.1 Å². The molecule has 0 saturated heterocycles. The fourth-order valence-corrected chi connectivity index (χ4v) is 2.82. The first-order chi connectivity index (χ1) is 9.07. The first kappa shape index (κ1) is 16.4. The van der Waals surface area contributed by atoms with Crippen LogP contribution < -0.4 is 11.1 Å². The van der Waals surface area contributed by atoms with Gasteiger partial charge in [-0.2, -0.15) is 0 Å². The third-order valence-electron chi connectivity index (χ3n) is 2.99. The van der Waals surface area contributed by atoms with Gasteiger partial charge >= 0.3 is 0 Å². The molecule has 1 aromatic carbocycles. The lowest BCUT2D eigenvalue weighted by molar-refractivity contribution is -0.120. The molecule has 0 atom stereocenters. The van der Waals surface area contributed by atoms with E-state index in [4.69, 9.17) is 5.73 Å². The number of hydrogen-bond acceptors (Lipinski definition) is 4. The highest BCUT2D eigenvalue weighted by Crippen LogP contribution is 2.20. The van der Waals surface area contributed by atoms with Gasteiger partial charge in [-0.1, -0.05) is 6.92 Å². The molecular weight excluding hydrogens is 283 g/mol. The molecule has 0 unspecified atom stereocenters. The van der Waals surface area contributed by atoms with Crippen molar-refractivity contribution in [2.24, 2.45) is 0 Å². The van der Waals surface area contributed by atoms with E-state index < -0.39 is 32.9 Å². The average molecular weight is 302 g/mol. The molecule has 1 aromatic rings. The Morgan fingerprint density at radius 1 is 1.40 bits per heavy atom. The Bertz CT molecular complexity index is 612. The second-order valence-electron chi connectivity index (χ2n) is 5.23. The number of nitrogens with two attached hydrogens (primary N) is 1. The van der Waals surface area contributed by atoms with Gasteiger partial charge in [0, 0.05) is 5.54 Å². The molecule has 7 heteroatoms. The summed E-state index contributed by atoms with van der Waals surface area (Å²) in [4.78, 5) is 11.5. The number of sulfone groups is 1. The maximum absolute atomic E-state index is 12.9. The van der Waals surface area contributed by atoms with E-state index in [1.165, 1.54) is 0 Å². The van der Waals surface area contributed by atoms with Crippen LogP contribution in [0.3, 0.4) is 0 Å². The number of halogens is 1.